The first-order chi connectivity index (χ1) is 7.04. The van der Waals surface area contributed by atoms with Gasteiger partial charge in [-0.1, -0.05) is 36.7 Å². The van der Waals surface area contributed by atoms with Crippen LogP contribution in [0.1, 0.15) is 31.4 Å². The van der Waals surface area contributed by atoms with Crippen LogP contribution in [0.2, 0.25) is 5.02 Å². The van der Waals surface area contributed by atoms with E-state index in [1.165, 1.54) is 0 Å². The Morgan fingerprint density at radius 3 is 2.80 bits per heavy atom. The summed E-state index contributed by atoms with van der Waals surface area (Å²) in [5, 5.41) is 10.5. The summed E-state index contributed by atoms with van der Waals surface area (Å²) in [6.45, 7) is 5.87. The van der Waals surface area contributed by atoms with Crippen LogP contribution < -0.4 is 5.73 Å². The Kier molecular flexibility index (Phi) is 4.18. The van der Waals surface area contributed by atoms with Gasteiger partial charge in [0.2, 0.25) is 0 Å². The summed E-state index contributed by atoms with van der Waals surface area (Å²) < 4.78 is 0. The number of benzene rings is 1. The van der Waals surface area contributed by atoms with Crippen LogP contribution in [0.4, 0.5) is 5.69 Å². The average molecular weight is 226 g/mol. The van der Waals surface area contributed by atoms with Crippen molar-refractivity contribution in [1.29, 1.82) is 0 Å². The van der Waals surface area contributed by atoms with E-state index in [4.69, 9.17) is 17.3 Å². The van der Waals surface area contributed by atoms with Crippen LogP contribution in [-0.2, 0) is 0 Å². The minimum absolute atomic E-state index is 0.527. The zero-order valence-corrected chi connectivity index (χ0v) is 9.59. The first-order valence-corrected chi connectivity index (χ1v) is 5.32. The zero-order chi connectivity index (χ0) is 11.4. The zero-order valence-electron chi connectivity index (χ0n) is 8.83. The van der Waals surface area contributed by atoms with Crippen molar-refractivity contribution >= 4 is 17.3 Å². The summed E-state index contributed by atoms with van der Waals surface area (Å²) >= 11 is 5.78. The Morgan fingerprint density at radius 1 is 1.60 bits per heavy atom. The van der Waals surface area contributed by atoms with Crippen LogP contribution in [0, 0.1) is 0 Å². The van der Waals surface area contributed by atoms with Gasteiger partial charge >= 0.3 is 0 Å². The summed E-state index contributed by atoms with van der Waals surface area (Å²) in [4.78, 5) is 0. The lowest BCUT2D eigenvalue weighted by Gasteiger charge is -2.14. The lowest BCUT2D eigenvalue weighted by Crippen LogP contribution is -2.02. The molecule has 1 aromatic rings. The Hall–Kier alpha value is -0.990. The van der Waals surface area contributed by atoms with Crippen LogP contribution in [-0.4, -0.2) is 5.11 Å². The third-order valence-electron chi connectivity index (χ3n) is 2.39. The Labute approximate surface area is 95.4 Å². The van der Waals surface area contributed by atoms with Crippen molar-refractivity contribution in [3.63, 3.8) is 0 Å². The maximum Gasteiger partial charge on any atom is 0.0846 e. The van der Waals surface area contributed by atoms with Crippen molar-refractivity contribution in [2.75, 3.05) is 5.73 Å². The molecule has 3 N–H and O–H groups in total. The summed E-state index contributed by atoms with van der Waals surface area (Å²) in [5.74, 6) is 0. The predicted molar refractivity (Wildman–Crippen MR) is 64.9 cm³/mol. The second-order valence-corrected chi connectivity index (χ2v) is 4.03. The first kappa shape index (κ1) is 12.1. The molecular weight excluding hydrogens is 210 g/mol. The number of nitrogen functional groups attached to an aromatic ring is 1. The van der Waals surface area contributed by atoms with Crippen LogP contribution in [0.5, 0.6) is 0 Å². The molecule has 0 aliphatic carbocycles. The highest BCUT2D eigenvalue weighted by Crippen LogP contribution is 2.28. The molecule has 1 atom stereocenters. The highest BCUT2D eigenvalue weighted by Gasteiger charge is 2.11. The molecule has 1 unspecified atom stereocenters. The van der Waals surface area contributed by atoms with Gasteiger partial charge in [-0.2, -0.15) is 0 Å². The fourth-order valence-electron chi connectivity index (χ4n) is 1.38. The van der Waals surface area contributed by atoms with Crippen molar-refractivity contribution in [1.82, 2.24) is 0 Å². The number of anilines is 1. The molecule has 15 heavy (non-hydrogen) atoms. The number of aliphatic hydroxyl groups excluding tert-OH is 1. The van der Waals surface area contributed by atoms with Gasteiger partial charge in [-0.3, -0.25) is 0 Å². The lowest BCUT2D eigenvalue weighted by molar-refractivity contribution is 0.178. The van der Waals surface area contributed by atoms with Gasteiger partial charge in [0, 0.05) is 16.3 Å². The lowest BCUT2D eigenvalue weighted by atomic mass is 10.00. The quantitative estimate of drug-likeness (QED) is 0.610. The summed E-state index contributed by atoms with van der Waals surface area (Å²) in [7, 11) is 0. The number of rotatable bonds is 4. The van der Waals surface area contributed by atoms with Gasteiger partial charge in [-0.25, -0.2) is 0 Å². The topological polar surface area (TPSA) is 46.2 Å². The van der Waals surface area contributed by atoms with Crippen molar-refractivity contribution < 1.29 is 5.11 Å². The minimum atomic E-state index is -0.588. The standard InChI is InChI=1S/C12H16ClNO/c1-3-8(2)6-12(15)10-5-4-9(13)7-11(10)14/h4-5,7,12,15H,2-3,6,14H2,1H3. The van der Waals surface area contributed by atoms with E-state index in [1.54, 1.807) is 18.2 Å². The predicted octanol–water partition coefficient (Wildman–Crippen LogP) is 3.31. The molecule has 0 amide bonds. The maximum atomic E-state index is 9.91. The minimum Gasteiger partial charge on any atom is -0.398 e. The summed E-state index contributed by atoms with van der Waals surface area (Å²) in [6, 6.07) is 5.13. The van der Waals surface area contributed by atoms with Crippen molar-refractivity contribution in [2.24, 2.45) is 0 Å². The van der Waals surface area contributed by atoms with Crippen molar-refractivity contribution in [2.45, 2.75) is 25.9 Å². The normalized spacial score (nSPS) is 12.5. The molecule has 0 saturated carbocycles. The second-order valence-electron chi connectivity index (χ2n) is 3.60. The van der Waals surface area contributed by atoms with Gasteiger partial charge in [0.1, 0.15) is 0 Å². The molecular formula is C12H16ClNO. The van der Waals surface area contributed by atoms with E-state index >= 15 is 0 Å². The van der Waals surface area contributed by atoms with Crippen LogP contribution in [0.15, 0.2) is 30.4 Å². The molecule has 3 heteroatoms. The van der Waals surface area contributed by atoms with Crippen molar-refractivity contribution in [3.8, 4) is 0 Å². The van der Waals surface area contributed by atoms with Gasteiger partial charge in [-0.05, 0) is 25.0 Å². The van der Waals surface area contributed by atoms with E-state index in [0.29, 0.717) is 22.7 Å². The van der Waals surface area contributed by atoms with E-state index in [1.807, 2.05) is 6.92 Å². The fourth-order valence-corrected chi connectivity index (χ4v) is 1.56. The Balaban J connectivity index is 2.82. The maximum absolute atomic E-state index is 9.91. The number of halogens is 1. The monoisotopic (exact) mass is 225 g/mol. The number of nitrogens with two attached hydrogens (primary N) is 1. The van der Waals surface area contributed by atoms with Crippen molar-refractivity contribution in [3.05, 3.63) is 40.9 Å². The third-order valence-corrected chi connectivity index (χ3v) is 2.62. The average Bonchev–Trinajstić information content (AvgIpc) is 2.17. The van der Waals surface area contributed by atoms with E-state index in [2.05, 4.69) is 6.58 Å². The molecule has 1 aromatic carbocycles. The molecule has 0 saturated heterocycles. The molecule has 2 nitrogen and oxygen atoms in total. The van der Waals surface area contributed by atoms with Gasteiger partial charge in [0.05, 0.1) is 6.10 Å². The molecule has 0 aliphatic heterocycles. The smallest absolute Gasteiger partial charge is 0.0846 e. The molecule has 0 radical (unpaired) electrons. The number of aliphatic hydroxyl groups is 1. The Morgan fingerprint density at radius 2 is 2.27 bits per heavy atom. The number of hydrogen-bond acceptors (Lipinski definition) is 2. The Bertz CT molecular complexity index is 363. The molecule has 0 aromatic heterocycles. The van der Waals surface area contributed by atoms with Crippen LogP contribution >= 0.6 is 11.6 Å². The molecule has 82 valence electrons. The summed E-state index contributed by atoms with van der Waals surface area (Å²) in [6.07, 6.45) is 0.821. The van der Waals surface area contributed by atoms with E-state index in [0.717, 1.165) is 12.0 Å². The molecule has 0 spiro atoms. The van der Waals surface area contributed by atoms with Gasteiger partial charge in [0.15, 0.2) is 0 Å². The summed E-state index contributed by atoms with van der Waals surface area (Å²) in [5.41, 5.74) is 8.02. The molecule has 0 fully saturated rings. The van der Waals surface area contributed by atoms with Gasteiger partial charge < -0.3 is 10.8 Å². The van der Waals surface area contributed by atoms with Crippen LogP contribution in [0.25, 0.3) is 0 Å². The molecule has 0 heterocycles. The third kappa shape index (κ3) is 3.26. The highest BCUT2D eigenvalue weighted by atomic mass is 35.5. The largest absolute Gasteiger partial charge is 0.398 e. The van der Waals surface area contributed by atoms with E-state index in [-0.39, 0.29) is 0 Å². The van der Waals surface area contributed by atoms with Gasteiger partial charge in [-0.15, -0.1) is 0 Å². The van der Waals surface area contributed by atoms with E-state index in [9.17, 15) is 5.11 Å². The molecule has 1 rings (SSSR count). The fraction of sp³-hybridized carbons (Fsp3) is 0.333. The number of hydrogen-bond donors (Lipinski definition) is 2. The molecule has 0 aliphatic rings. The molecule has 0 bridgehead atoms. The van der Waals surface area contributed by atoms with Gasteiger partial charge in [0.25, 0.3) is 0 Å². The second kappa shape index (κ2) is 5.19. The van der Waals surface area contributed by atoms with Crippen LogP contribution in [0.3, 0.4) is 0 Å². The first-order valence-electron chi connectivity index (χ1n) is 4.94. The highest BCUT2D eigenvalue weighted by molar-refractivity contribution is 6.30. The SMILES string of the molecule is C=C(CC)CC(O)c1ccc(Cl)cc1N. The van der Waals surface area contributed by atoms with E-state index < -0.39 is 6.10 Å².